The Morgan fingerprint density at radius 1 is 1.36 bits per heavy atom. The average Bonchev–Trinajstić information content (AvgIpc) is 2.11. The van der Waals surface area contributed by atoms with Crippen LogP contribution in [0.4, 0.5) is 8.78 Å². The van der Waals surface area contributed by atoms with E-state index in [2.05, 4.69) is 0 Å². The van der Waals surface area contributed by atoms with Crippen LogP contribution in [0.5, 0.6) is 0 Å². The summed E-state index contributed by atoms with van der Waals surface area (Å²) in [7, 11) is 0. The third-order valence-electron chi connectivity index (χ3n) is 2.26. The summed E-state index contributed by atoms with van der Waals surface area (Å²) in [5, 5.41) is 0. The number of benzene rings is 1. The van der Waals surface area contributed by atoms with Crippen molar-refractivity contribution in [2.24, 2.45) is 0 Å². The summed E-state index contributed by atoms with van der Waals surface area (Å²) in [4.78, 5) is 10.2. The van der Waals surface area contributed by atoms with E-state index in [4.69, 9.17) is 0 Å². The fourth-order valence-corrected chi connectivity index (χ4v) is 1.31. The van der Waals surface area contributed by atoms with Crippen LogP contribution in [0.15, 0.2) is 12.1 Å². The van der Waals surface area contributed by atoms with Crippen molar-refractivity contribution < 1.29 is 13.6 Å². The quantitative estimate of drug-likeness (QED) is 0.682. The van der Waals surface area contributed by atoms with Gasteiger partial charge in [0, 0.05) is 6.42 Å². The Labute approximate surface area is 81.7 Å². The molecule has 1 atom stereocenters. The van der Waals surface area contributed by atoms with Gasteiger partial charge in [-0.15, -0.1) is 0 Å². The lowest BCUT2D eigenvalue weighted by atomic mass is 9.96. The van der Waals surface area contributed by atoms with Gasteiger partial charge in [0.05, 0.1) is 0 Å². The molecule has 0 aliphatic carbocycles. The van der Waals surface area contributed by atoms with Crippen molar-refractivity contribution in [2.75, 3.05) is 0 Å². The minimum Gasteiger partial charge on any atom is -0.303 e. The van der Waals surface area contributed by atoms with Crippen molar-refractivity contribution >= 4 is 6.29 Å². The Balaban J connectivity index is 3.08. The Morgan fingerprint density at radius 2 is 2.00 bits per heavy atom. The third-order valence-corrected chi connectivity index (χ3v) is 2.26. The summed E-state index contributed by atoms with van der Waals surface area (Å²) < 4.78 is 26.4. The van der Waals surface area contributed by atoms with Gasteiger partial charge in [-0.3, -0.25) is 0 Å². The average molecular weight is 198 g/mol. The normalized spacial score (nSPS) is 12.6. The second kappa shape index (κ2) is 4.31. The lowest BCUT2D eigenvalue weighted by Crippen LogP contribution is -2.00. The Hall–Kier alpha value is -1.25. The topological polar surface area (TPSA) is 17.1 Å². The van der Waals surface area contributed by atoms with Crippen molar-refractivity contribution in [2.45, 2.75) is 26.2 Å². The van der Waals surface area contributed by atoms with Crippen molar-refractivity contribution in [1.82, 2.24) is 0 Å². The molecule has 0 aromatic heterocycles. The summed E-state index contributed by atoms with van der Waals surface area (Å²) in [5.74, 6) is -1.15. The number of hydrogen-bond donors (Lipinski definition) is 0. The molecule has 0 radical (unpaired) electrons. The molecule has 0 N–H and O–H groups in total. The van der Waals surface area contributed by atoms with Gasteiger partial charge in [0.2, 0.25) is 0 Å². The largest absolute Gasteiger partial charge is 0.303 e. The highest BCUT2D eigenvalue weighted by Gasteiger charge is 2.13. The fourth-order valence-electron chi connectivity index (χ4n) is 1.31. The second-order valence-electron chi connectivity index (χ2n) is 3.43. The van der Waals surface area contributed by atoms with Crippen LogP contribution in [0, 0.1) is 18.6 Å². The highest BCUT2D eigenvalue weighted by molar-refractivity contribution is 5.51. The smallest absolute Gasteiger partial charge is 0.127 e. The first-order chi connectivity index (χ1) is 6.56. The van der Waals surface area contributed by atoms with Gasteiger partial charge in [0.15, 0.2) is 0 Å². The van der Waals surface area contributed by atoms with E-state index in [1.807, 2.05) is 0 Å². The summed E-state index contributed by atoms with van der Waals surface area (Å²) in [5.41, 5.74) is 0.546. The van der Waals surface area contributed by atoms with Crippen LogP contribution >= 0.6 is 0 Å². The standard InChI is InChI=1S/C11H12F2O/c1-7(3-4-14)9-6-10(12)8(2)5-11(9)13/h4-7H,3H2,1-2H3. The van der Waals surface area contributed by atoms with Crippen LogP contribution in [0.25, 0.3) is 0 Å². The minimum absolute atomic E-state index is 0.208. The molecule has 0 fully saturated rings. The number of hydrogen-bond acceptors (Lipinski definition) is 1. The van der Waals surface area contributed by atoms with Gasteiger partial charge >= 0.3 is 0 Å². The predicted molar refractivity (Wildman–Crippen MR) is 50.2 cm³/mol. The number of carbonyl (C=O) groups is 1. The highest BCUT2D eigenvalue weighted by atomic mass is 19.1. The van der Waals surface area contributed by atoms with Crippen molar-refractivity contribution in [3.05, 3.63) is 34.9 Å². The van der Waals surface area contributed by atoms with E-state index < -0.39 is 11.6 Å². The lowest BCUT2D eigenvalue weighted by Gasteiger charge is -2.10. The minimum atomic E-state index is -0.446. The first kappa shape index (κ1) is 10.8. The molecule has 76 valence electrons. The molecule has 3 heteroatoms. The molecule has 1 aromatic carbocycles. The van der Waals surface area contributed by atoms with Crippen LogP contribution in [-0.4, -0.2) is 6.29 Å². The maximum absolute atomic E-state index is 13.3. The Morgan fingerprint density at radius 3 is 2.57 bits per heavy atom. The molecular formula is C11H12F2O. The molecule has 1 aromatic rings. The molecule has 0 saturated heterocycles. The molecule has 0 aliphatic heterocycles. The van der Waals surface area contributed by atoms with E-state index >= 15 is 0 Å². The van der Waals surface area contributed by atoms with E-state index in [1.165, 1.54) is 13.0 Å². The fraction of sp³-hybridized carbons (Fsp3) is 0.364. The molecule has 1 nitrogen and oxygen atoms in total. The summed E-state index contributed by atoms with van der Waals surface area (Å²) in [6.45, 7) is 3.20. The van der Waals surface area contributed by atoms with Crippen LogP contribution in [0.1, 0.15) is 30.4 Å². The number of aryl methyl sites for hydroxylation is 1. The SMILES string of the molecule is Cc1cc(F)c(C(C)CC=O)cc1F. The molecule has 1 unspecified atom stereocenters. The number of carbonyl (C=O) groups excluding carboxylic acids is 1. The van der Waals surface area contributed by atoms with Gasteiger partial charge in [-0.1, -0.05) is 6.92 Å². The zero-order chi connectivity index (χ0) is 10.7. The van der Waals surface area contributed by atoms with Crippen LogP contribution < -0.4 is 0 Å². The maximum atomic E-state index is 13.3. The molecule has 1 rings (SSSR count). The predicted octanol–water partition coefficient (Wildman–Crippen LogP) is 2.97. The van der Waals surface area contributed by atoms with Crippen molar-refractivity contribution in [3.8, 4) is 0 Å². The number of halogens is 2. The molecule has 14 heavy (non-hydrogen) atoms. The zero-order valence-corrected chi connectivity index (χ0v) is 8.18. The van der Waals surface area contributed by atoms with Gasteiger partial charge in [0.1, 0.15) is 17.9 Å². The Kier molecular flexibility index (Phi) is 3.33. The first-order valence-corrected chi connectivity index (χ1v) is 4.45. The van der Waals surface area contributed by atoms with E-state index in [0.717, 1.165) is 6.07 Å². The van der Waals surface area contributed by atoms with E-state index in [9.17, 15) is 13.6 Å². The van der Waals surface area contributed by atoms with Gasteiger partial charge in [0.25, 0.3) is 0 Å². The zero-order valence-electron chi connectivity index (χ0n) is 8.18. The van der Waals surface area contributed by atoms with Crippen LogP contribution in [-0.2, 0) is 4.79 Å². The van der Waals surface area contributed by atoms with Gasteiger partial charge in [-0.25, -0.2) is 8.78 Å². The molecule has 0 spiro atoms. The monoisotopic (exact) mass is 198 g/mol. The highest BCUT2D eigenvalue weighted by Crippen LogP contribution is 2.23. The molecule has 0 amide bonds. The van der Waals surface area contributed by atoms with Gasteiger partial charge in [-0.2, -0.15) is 0 Å². The molecule has 0 aliphatic rings. The molecule has 0 heterocycles. The summed E-state index contributed by atoms with van der Waals surface area (Å²) >= 11 is 0. The summed E-state index contributed by atoms with van der Waals surface area (Å²) in [6.07, 6.45) is 0.918. The van der Waals surface area contributed by atoms with E-state index in [1.54, 1.807) is 6.92 Å². The number of aldehydes is 1. The maximum Gasteiger partial charge on any atom is 0.127 e. The van der Waals surface area contributed by atoms with Crippen molar-refractivity contribution in [1.29, 1.82) is 0 Å². The van der Waals surface area contributed by atoms with Crippen LogP contribution in [0.2, 0.25) is 0 Å². The van der Waals surface area contributed by atoms with E-state index in [0.29, 0.717) is 6.29 Å². The first-order valence-electron chi connectivity index (χ1n) is 4.45. The van der Waals surface area contributed by atoms with E-state index in [-0.39, 0.29) is 23.5 Å². The van der Waals surface area contributed by atoms with Crippen LogP contribution in [0.3, 0.4) is 0 Å². The molecule has 0 bridgehead atoms. The van der Waals surface area contributed by atoms with Gasteiger partial charge < -0.3 is 4.79 Å². The Bertz CT molecular complexity index is 347. The lowest BCUT2D eigenvalue weighted by molar-refractivity contribution is -0.108. The van der Waals surface area contributed by atoms with Crippen molar-refractivity contribution in [3.63, 3.8) is 0 Å². The third kappa shape index (κ3) is 2.16. The molecular weight excluding hydrogens is 186 g/mol. The molecule has 0 saturated carbocycles. The summed E-state index contributed by atoms with van der Waals surface area (Å²) in [6, 6.07) is 2.32. The van der Waals surface area contributed by atoms with Gasteiger partial charge in [-0.05, 0) is 36.1 Å². The second-order valence-corrected chi connectivity index (χ2v) is 3.43. The number of rotatable bonds is 3.